The van der Waals surface area contributed by atoms with Crippen LogP contribution in [0, 0.1) is 6.92 Å². The molecule has 0 aliphatic heterocycles. The maximum absolute atomic E-state index is 12.0. The average Bonchev–Trinajstić information content (AvgIpc) is 2.37. The number of benzene rings is 1. The van der Waals surface area contributed by atoms with E-state index in [9.17, 15) is 8.78 Å². The molecule has 0 saturated carbocycles. The number of alkyl halides is 2. The van der Waals surface area contributed by atoms with Gasteiger partial charge in [-0.1, -0.05) is 36.8 Å². The monoisotopic (exact) mass is 271 g/mol. The predicted molar refractivity (Wildman–Crippen MR) is 73.8 cm³/mol. The van der Waals surface area contributed by atoms with E-state index in [4.69, 9.17) is 4.74 Å². The molecule has 1 aromatic carbocycles. The number of ether oxygens (including phenoxy) is 1. The van der Waals surface area contributed by atoms with Crippen molar-refractivity contribution in [3.63, 3.8) is 0 Å². The molecular weight excluding hydrogens is 248 g/mol. The summed E-state index contributed by atoms with van der Waals surface area (Å²) in [6.07, 6.45) is -0.740. The van der Waals surface area contributed by atoms with Crippen molar-refractivity contribution in [3.8, 4) is 0 Å². The summed E-state index contributed by atoms with van der Waals surface area (Å²) in [5, 5.41) is 3.37. The van der Waals surface area contributed by atoms with Gasteiger partial charge in [-0.3, -0.25) is 0 Å². The van der Waals surface area contributed by atoms with Crippen LogP contribution in [0.15, 0.2) is 24.3 Å². The van der Waals surface area contributed by atoms with Crippen molar-refractivity contribution < 1.29 is 13.5 Å². The molecule has 1 atom stereocenters. The van der Waals surface area contributed by atoms with Crippen molar-refractivity contribution in [2.75, 3.05) is 19.8 Å². The second-order valence-electron chi connectivity index (χ2n) is 4.70. The minimum Gasteiger partial charge on any atom is -0.375 e. The first-order chi connectivity index (χ1) is 9.11. The van der Waals surface area contributed by atoms with Crippen LogP contribution in [0.25, 0.3) is 0 Å². The van der Waals surface area contributed by atoms with Crippen molar-refractivity contribution in [1.82, 2.24) is 5.32 Å². The van der Waals surface area contributed by atoms with Crippen molar-refractivity contribution in [3.05, 3.63) is 35.4 Å². The fourth-order valence-electron chi connectivity index (χ4n) is 1.97. The fraction of sp³-hybridized carbons (Fsp3) is 0.600. The molecule has 0 spiro atoms. The smallest absolute Gasteiger partial charge is 0.261 e. The molecule has 4 heteroatoms. The number of halogens is 2. The average molecular weight is 271 g/mol. The third kappa shape index (κ3) is 7.23. The molecule has 0 aromatic heterocycles. The Kier molecular flexibility index (Phi) is 7.60. The van der Waals surface area contributed by atoms with E-state index >= 15 is 0 Å². The number of likely N-dealkylation sites (N-methyl/N-ethyl adjacent to an activating group) is 1. The van der Waals surface area contributed by atoms with Crippen LogP contribution in [0.5, 0.6) is 0 Å². The summed E-state index contributed by atoms with van der Waals surface area (Å²) in [5.74, 6) is 0. The van der Waals surface area contributed by atoms with Crippen LogP contribution >= 0.6 is 0 Å². The zero-order valence-corrected chi connectivity index (χ0v) is 11.7. The second-order valence-corrected chi connectivity index (χ2v) is 4.70. The summed E-state index contributed by atoms with van der Waals surface area (Å²) in [7, 11) is 0. The maximum Gasteiger partial charge on any atom is 0.261 e. The molecule has 0 bridgehead atoms. The van der Waals surface area contributed by atoms with Gasteiger partial charge >= 0.3 is 0 Å². The second kappa shape index (κ2) is 8.99. The lowest BCUT2D eigenvalue weighted by Crippen LogP contribution is -2.32. The topological polar surface area (TPSA) is 21.3 Å². The fourth-order valence-corrected chi connectivity index (χ4v) is 1.97. The zero-order chi connectivity index (χ0) is 14.1. The molecule has 1 rings (SSSR count). The molecule has 0 amide bonds. The van der Waals surface area contributed by atoms with Gasteiger partial charge in [-0.15, -0.1) is 0 Å². The summed E-state index contributed by atoms with van der Waals surface area (Å²) in [6.45, 7) is 4.87. The molecule has 0 aliphatic rings. The van der Waals surface area contributed by atoms with E-state index in [1.54, 1.807) is 0 Å². The van der Waals surface area contributed by atoms with Crippen molar-refractivity contribution in [2.24, 2.45) is 0 Å². The zero-order valence-electron chi connectivity index (χ0n) is 11.7. The Morgan fingerprint density at radius 3 is 2.47 bits per heavy atom. The molecule has 1 N–H and O–H groups in total. The van der Waals surface area contributed by atoms with Crippen molar-refractivity contribution in [2.45, 2.75) is 39.2 Å². The van der Waals surface area contributed by atoms with Gasteiger partial charge in [-0.25, -0.2) is 8.78 Å². The van der Waals surface area contributed by atoms with E-state index in [0.717, 1.165) is 19.4 Å². The lowest BCUT2D eigenvalue weighted by molar-refractivity contribution is 0.0144. The van der Waals surface area contributed by atoms with E-state index in [2.05, 4.69) is 36.5 Å². The first-order valence-corrected chi connectivity index (χ1v) is 6.76. The van der Waals surface area contributed by atoms with Gasteiger partial charge in [0.25, 0.3) is 6.43 Å². The van der Waals surface area contributed by atoms with Gasteiger partial charge in [-0.2, -0.15) is 0 Å². The third-order valence-corrected chi connectivity index (χ3v) is 2.95. The summed E-state index contributed by atoms with van der Waals surface area (Å²) in [4.78, 5) is 0. The Morgan fingerprint density at radius 2 is 1.89 bits per heavy atom. The highest BCUT2D eigenvalue weighted by Crippen LogP contribution is 2.08. The molecule has 0 radical (unpaired) electrons. The maximum atomic E-state index is 12.0. The molecule has 1 aromatic rings. The molecule has 0 saturated heterocycles. The van der Waals surface area contributed by atoms with E-state index in [1.807, 2.05) is 6.92 Å². The van der Waals surface area contributed by atoms with Crippen LogP contribution in [-0.2, 0) is 11.2 Å². The van der Waals surface area contributed by atoms with Crippen LogP contribution in [0.4, 0.5) is 8.78 Å². The van der Waals surface area contributed by atoms with Crippen LogP contribution in [0.1, 0.15) is 24.5 Å². The Hall–Kier alpha value is -1.00. The summed E-state index contributed by atoms with van der Waals surface area (Å²) < 4.78 is 28.8. The number of hydrogen-bond acceptors (Lipinski definition) is 2. The lowest BCUT2D eigenvalue weighted by atomic mass is 10.0. The Bertz CT molecular complexity index is 341. The third-order valence-electron chi connectivity index (χ3n) is 2.95. The first kappa shape index (κ1) is 16.1. The standard InChI is InChI=1S/C15H23F2NO/c1-3-18-14(8-9-19-11-15(16)17)10-13-6-4-12(2)5-7-13/h4-7,14-15,18H,3,8-11H2,1-2H3. The Labute approximate surface area is 114 Å². The number of nitrogens with one attached hydrogen (secondary N) is 1. The minimum absolute atomic E-state index is 0.269. The number of hydrogen-bond donors (Lipinski definition) is 1. The van der Waals surface area contributed by atoms with Crippen LogP contribution in [-0.4, -0.2) is 32.2 Å². The molecule has 108 valence electrons. The van der Waals surface area contributed by atoms with E-state index in [-0.39, 0.29) is 6.04 Å². The Balaban J connectivity index is 2.37. The quantitative estimate of drug-likeness (QED) is 0.696. The van der Waals surface area contributed by atoms with Gasteiger partial charge in [0, 0.05) is 12.6 Å². The molecular formula is C15H23F2NO. The minimum atomic E-state index is -2.38. The SMILES string of the molecule is CCNC(CCOCC(F)F)Cc1ccc(C)cc1. The normalized spacial score (nSPS) is 12.9. The van der Waals surface area contributed by atoms with E-state index in [1.165, 1.54) is 11.1 Å². The molecule has 0 heterocycles. The van der Waals surface area contributed by atoms with Gasteiger partial charge in [0.1, 0.15) is 6.61 Å². The Morgan fingerprint density at radius 1 is 1.21 bits per heavy atom. The largest absolute Gasteiger partial charge is 0.375 e. The van der Waals surface area contributed by atoms with Crippen molar-refractivity contribution in [1.29, 1.82) is 0 Å². The van der Waals surface area contributed by atoms with Gasteiger partial charge < -0.3 is 10.1 Å². The summed E-state index contributed by atoms with van der Waals surface area (Å²) in [5.41, 5.74) is 2.49. The van der Waals surface area contributed by atoms with Gasteiger partial charge in [-0.05, 0) is 31.9 Å². The summed E-state index contributed by atoms with van der Waals surface area (Å²) >= 11 is 0. The van der Waals surface area contributed by atoms with Crippen LogP contribution < -0.4 is 5.32 Å². The van der Waals surface area contributed by atoms with Gasteiger partial charge in [0.15, 0.2) is 0 Å². The molecule has 1 unspecified atom stereocenters. The van der Waals surface area contributed by atoms with Gasteiger partial charge in [0.2, 0.25) is 0 Å². The molecule has 0 aliphatic carbocycles. The van der Waals surface area contributed by atoms with Gasteiger partial charge in [0.05, 0.1) is 0 Å². The van der Waals surface area contributed by atoms with E-state index < -0.39 is 13.0 Å². The number of aryl methyl sites for hydroxylation is 1. The predicted octanol–water partition coefficient (Wildman–Crippen LogP) is 3.19. The molecule has 2 nitrogen and oxygen atoms in total. The highest BCUT2D eigenvalue weighted by molar-refractivity contribution is 5.22. The highest BCUT2D eigenvalue weighted by Gasteiger charge is 2.09. The van der Waals surface area contributed by atoms with Crippen LogP contribution in [0.3, 0.4) is 0 Å². The summed E-state index contributed by atoms with van der Waals surface area (Å²) in [6, 6.07) is 8.67. The van der Waals surface area contributed by atoms with Crippen LogP contribution in [0.2, 0.25) is 0 Å². The lowest BCUT2D eigenvalue weighted by Gasteiger charge is -2.18. The number of rotatable bonds is 9. The highest BCUT2D eigenvalue weighted by atomic mass is 19.3. The molecule has 19 heavy (non-hydrogen) atoms. The molecule has 0 fully saturated rings. The first-order valence-electron chi connectivity index (χ1n) is 6.76. The van der Waals surface area contributed by atoms with E-state index in [0.29, 0.717) is 6.61 Å². The van der Waals surface area contributed by atoms with Crippen molar-refractivity contribution >= 4 is 0 Å².